The first-order valence-corrected chi connectivity index (χ1v) is 6.04. The number of nitrogens with zero attached hydrogens (tertiary/aromatic N) is 2. The number of rotatable bonds is 4. The predicted octanol–water partition coefficient (Wildman–Crippen LogP) is 2.35. The molecule has 1 fully saturated rings. The third kappa shape index (κ3) is 3.69. The van der Waals surface area contributed by atoms with Gasteiger partial charge in [0.2, 0.25) is 11.7 Å². The van der Waals surface area contributed by atoms with Crippen molar-refractivity contribution >= 4 is 5.82 Å². The lowest BCUT2D eigenvalue weighted by Gasteiger charge is -2.13. The number of nitrogen functional groups attached to an aromatic ring is 1. The summed E-state index contributed by atoms with van der Waals surface area (Å²) in [6.07, 6.45) is -0.265. The van der Waals surface area contributed by atoms with Crippen LogP contribution in [0.3, 0.4) is 0 Å². The molecule has 1 aromatic heterocycles. The maximum Gasteiger partial charge on any atom is 0.451 e. The lowest BCUT2D eigenvalue weighted by atomic mass is 10.1. The van der Waals surface area contributed by atoms with Crippen molar-refractivity contribution in [3.63, 3.8) is 0 Å². The molecule has 0 unspecified atom stereocenters. The topological polar surface area (TPSA) is 73.1 Å². The predicted molar refractivity (Wildman–Crippen MR) is 62.3 cm³/mol. The summed E-state index contributed by atoms with van der Waals surface area (Å²) < 4.78 is 43.1. The average molecular weight is 276 g/mol. The molecule has 0 saturated heterocycles. The molecule has 1 saturated carbocycles. The molecular weight excluding hydrogens is 261 g/mol. The number of aromatic nitrogens is 2. The van der Waals surface area contributed by atoms with E-state index < -0.39 is 12.0 Å². The van der Waals surface area contributed by atoms with Crippen LogP contribution in [0.15, 0.2) is 6.07 Å². The Bertz CT molecular complexity index is 432. The van der Waals surface area contributed by atoms with Gasteiger partial charge in [0.25, 0.3) is 0 Å². The van der Waals surface area contributed by atoms with Crippen molar-refractivity contribution in [2.45, 2.75) is 31.9 Å². The number of hydrogen-bond acceptors (Lipinski definition) is 5. The maximum atomic E-state index is 12.6. The molecule has 0 aromatic carbocycles. The van der Waals surface area contributed by atoms with Gasteiger partial charge in [0.15, 0.2) is 0 Å². The van der Waals surface area contributed by atoms with Crippen molar-refractivity contribution < 1.29 is 17.9 Å². The van der Waals surface area contributed by atoms with Crippen LogP contribution in [0, 0.1) is 5.92 Å². The SMILES string of the molecule is NNc1cc(OCC2CCCC2)nc(C(F)(F)F)n1. The van der Waals surface area contributed by atoms with E-state index in [2.05, 4.69) is 15.4 Å². The molecule has 0 amide bonds. The van der Waals surface area contributed by atoms with Crippen molar-refractivity contribution in [3.05, 3.63) is 11.9 Å². The zero-order valence-corrected chi connectivity index (χ0v) is 10.2. The largest absolute Gasteiger partial charge is 0.477 e. The highest BCUT2D eigenvalue weighted by molar-refractivity contribution is 5.37. The van der Waals surface area contributed by atoms with Gasteiger partial charge < -0.3 is 10.2 Å². The van der Waals surface area contributed by atoms with Crippen LogP contribution >= 0.6 is 0 Å². The Morgan fingerprint density at radius 2 is 2.00 bits per heavy atom. The smallest absolute Gasteiger partial charge is 0.451 e. The van der Waals surface area contributed by atoms with E-state index in [1.807, 2.05) is 0 Å². The molecule has 0 atom stereocenters. The molecule has 3 N–H and O–H groups in total. The third-order valence-electron chi connectivity index (χ3n) is 3.05. The molecule has 8 heteroatoms. The lowest BCUT2D eigenvalue weighted by molar-refractivity contribution is -0.145. The fourth-order valence-electron chi connectivity index (χ4n) is 2.08. The zero-order chi connectivity index (χ0) is 13.9. The van der Waals surface area contributed by atoms with Gasteiger partial charge in [0, 0.05) is 6.07 Å². The highest BCUT2D eigenvalue weighted by atomic mass is 19.4. The molecule has 0 aliphatic heterocycles. The molecule has 1 heterocycles. The van der Waals surface area contributed by atoms with Crippen LogP contribution in [0.1, 0.15) is 31.5 Å². The molecule has 5 nitrogen and oxygen atoms in total. The highest BCUT2D eigenvalue weighted by Gasteiger charge is 2.35. The molecule has 1 aliphatic rings. The van der Waals surface area contributed by atoms with Crippen molar-refractivity contribution in [3.8, 4) is 5.88 Å². The molecule has 0 radical (unpaired) electrons. The van der Waals surface area contributed by atoms with Crippen LogP contribution in [-0.2, 0) is 6.18 Å². The minimum Gasteiger partial charge on any atom is -0.477 e. The van der Waals surface area contributed by atoms with Gasteiger partial charge in [-0.2, -0.15) is 18.2 Å². The lowest BCUT2D eigenvalue weighted by Crippen LogP contribution is -2.17. The Morgan fingerprint density at radius 1 is 1.32 bits per heavy atom. The average Bonchev–Trinajstić information content (AvgIpc) is 2.88. The van der Waals surface area contributed by atoms with Gasteiger partial charge in [-0.1, -0.05) is 12.8 Å². The second-order valence-corrected chi connectivity index (χ2v) is 4.52. The molecule has 19 heavy (non-hydrogen) atoms. The summed E-state index contributed by atoms with van der Waals surface area (Å²) in [6, 6.07) is 1.25. The first-order valence-electron chi connectivity index (χ1n) is 6.04. The van der Waals surface area contributed by atoms with E-state index in [9.17, 15) is 13.2 Å². The number of hydrazine groups is 1. The minimum absolute atomic E-state index is 0.109. The van der Waals surface area contributed by atoms with Gasteiger partial charge in [0.05, 0.1) is 6.61 Å². The Morgan fingerprint density at radius 3 is 2.58 bits per heavy atom. The second-order valence-electron chi connectivity index (χ2n) is 4.52. The highest BCUT2D eigenvalue weighted by Crippen LogP contribution is 2.29. The maximum absolute atomic E-state index is 12.6. The van der Waals surface area contributed by atoms with Gasteiger partial charge in [0.1, 0.15) is 5.82 Å². The minimum atomic E-state index is -4.63. The number of nitrogens with one attached hydrogen (secondary N) is 1. The second kappa shape index (κ2) is 5.60. The summed E-state index contributed by atoms with van der Waals surface area (Å²) in [6.45, 7) is 0.373. The number of nitrogens with two attached hydrogens (primary N) is 1. The molecule has 2 rings (SSSR count). The first kappa shape index (κ1) is 13.9. The Kier molecular flexibility index (Phi) is 4.08. The molecule has 106 valence electrons. The summed E-state index contributed by atoms with van der Waals surface area (Å²) in [5.74, 6) is 3.98. The quantitative estimate of drug-likeness (QED) is 0.652. The van der Waals surface area contributed by atoms with Crippen LogP contribution < -0.4 is 16.0 Å². The third-order valence-corrected chi connectivity index (χ3v) is 3.05. The number of halogens is 3. The monoisotopic (exact) mass is 276 g/mol. The molecule has 0 bridgehead atoms. The van der Waals surface area contributed by atoms with Crippen LogP contribution in [-0.4, -0.2) is 16.6 Å². The Hall–Kier alpha value is -1.57. The van der Waals surface area contributed by atoms with Crippen molar-refractivity contribution in [2.24, 2.45) is 11.8 Å². The van der Waals surface area contributed by atoms with E-state index in [-0.39, 0.29) is 11.7 Å². The summed E-state index contributed by atoms with van der Waals surface area (Å²) in [5, 5.41) is 0. The molecule has 0 spiro atoms. The number of anilines is 1. The summed E-state index contributed by atoms with van der Waals surface area (Å²) in [7, 11) is 0. The van der Waals surface area contributed by atoms with E-state index in [0.29, 0.717) is 12.5 Å². The Labute approximate surface area is 108 Å². The number of ether oxygens (including phenoxy) is 1. The summed E-state index contributed by atoms with van der Waals surface area (Å²) in [5.41, 5.74) is 2.08. The van der Waals surface area contributed by atoms with Crippen LogP contribution in [0.25, 0.3) is 0 Å². The van der Waals surface area contributed by atoms with Crippen molar-refractivity contribution in [1.82, 2.24) is 9.97 Å². The van der Waals surface area contributed by atoms with Crippen LogP contribution in [0.4, 0.5) is 19.0 Å². The van der Waals surface area contributed by atoms with Gasteiger partial charge in [-0.15, -0.1) is 0 Å². The van der Waals surface area contributed by atoms with Gasteiger partial charge >= 0.3 is 6.18 Å². The van der Waals surface area contributed by atoms with Crippen LogP contribution in [0.5, 0.6) is 5.88 Å². The molecular formula is C11H15F3N4O. The summed E-state index contributed by atoms with van der Waals surface area (Å²) in [4.78, 5) is 6.61. The van der Waals surface area contributed by atoms with Gasteiger partial charge in [-0.25, -0.2) is 10.8 Å². The van der Waals surface area contributed by atoms with E-state index >= 15 is 0 Å². The van der Waals surface area contributed by atoms with Crippen molar-refractivity contribution in [1.29, 1.82) is 0 Å². The number of alkyl halides is 3. The van der Waals surface area contributed by atoms with E-state index in [0.717, 1.165) is 25.7 Å². The van der Waals surface area contributed by atoms with E-state index in [1.54, 1.807) is 0 Å². The van der Waals surface area contributed by atoms with Crippen molar-refractivity contribution in [2.75, 3.05) is 12.0 Å². The fraction of sp³-hybridized carbons (Fsp3) is 0.636. The van der Waals surface area contributed by atoms with Gasteiger partial charge in [-0.05, 0) is 18.8 Å². The zero-order valence-electron chi connectivity index (χ0n) is 10.2. The van der Waals surface area contributed by atoms with Crippen LogP contribution in [0.2, 0.25) is 0 Å². The normalized spacial score (nSPS) is 16.6. The van der Waals surface area contributed by atoms with E-state index in [1.165, 1.54) is 6.07 Å². The number of hydrogen-bond donors (Lipinski definition) is 2. The Balaban J connectivity index is 2.10. The van der Waals surface area contributed by atoms with Gasteiger partial charge in [-0.3, -0.25) is 0 Å². The first-order chi connectivity index (χ1) is 8.99. The molecule has 1 aliphatic carbocycles. The fourth-order valence-corrected chi connectivity index (χ4v) is 2.08. The van der Waals surface area contributed by atoms with E-state index in [4.69, 9.17) is 10.6 Å². The molecule has 1 aromatic rings. The standard InChI is InChI=1S/C11H15F3N4O/c12-11(13,14)10-16-8(18-15)5-9(17-10)19-6-7-3-1-2-4-7/h5,7H,1-4,6,15H2,(H,16,17,18). The summed E-state index contributed by atoms with van der Waals surface area (Å²) >= 11 is 0.